The van der Waals surface area contributed by atoms with Crippen molar-refractivity contribution < 1.29 is 9.59 Å². The van der Waals surface area contributed by atoms with Crippen LogP contribution in [0.3, 0.4) is 0 Å². The first-order valence-corrected chi connectivity index (χ1v) is 11.0. The van der Waals surface area contributed by atoms with Gasteiger partial charge in [0.15, 0.2) is 5.78 Å². The van der Waals surface area contributed by atoms with Crippen molar-refractivity contribution >= 4 is 24.2 Å². The first kappa shape index (κ1) is 21.2. The zero-order chi connectivity index (χ0) is 22.0. The fraction of sp³-hybridized carbons (Fsp3) is 0.385. The van der Waals surface area contributed by atoms with Gasteiger partial charge in [0.2, 0.25) is 0 Å². The SMILES string of the molecule is Cc1ccccc1C(=O)C1CCN(C(=O)c2ccc([C@]3(C(C)C)C=NC=N3)cc2)CC1. The second-order valence-electron chi connectivity index (χ2n) is 8.83. The van der Waals surface area contributed by atoms with Gasteiger partial charge in [0, 0.05) is 36.3 Å². The van der Waals surface area contributed by atoms with E-state index in [0.717, 1.165) is 16.7 Å². The number of likely N-dealkylation sites (tertiary alicyclic amines) is 1. The van der Waals surface area contributed by atoms with Crippen molar-refractivity contribution in [1.82, 2.24) is 4.90 Å². The summed E-state index contributed by atoms with van der Waals surface area (Å²) in [7, 11) is 0. The summed E-state index contributed by atoms with van der Waals surface area (Å²) in [6, 6.07) is 15.5. The van der Waals surface area contributed by atoms with Crippen molar-refractivity contribution in [3.63, 3.8) is 0 Å². The summed E-state index contributed by atoms with van der Waals surface area (Å²) >= 11 is 0. The van der Waals surface area contributed by atoms with Crippen LogP contribution in [0.15, 0.2) is 58.5 Å². The molecule has 5 heteroatoms. The molecule has 0 unspecified atom stereocenters. The van der Waals surface area contributed by atoms with E-state index in [9.17, 15) is 9.59 Å². The molecule has 2 aromatic carbocycles. The van der Waals surface area contributed by atoms with Crippen molar-refractivity contribution in [2.45, 2.75) is 39.2 Å². The van der Waals surface area contributed by atoms with Gasteiger partial charge in [-0.2, -0.15) is 0 Å². The van der Waals surface area contributed by atoms with Gasteiger partial charge < -0.3 is 4.90 Å². The number of hydrogen-bond acceptors (Lipinski definition) is 4. The van der Waals surface area contributed by atoms with Crippen LogP contribution in [0, 0.1) is 18.8 Å². The van der Waals surface area contributed by atoms with E-state index in [1.807, 2.05) is 66.6 Å². The van der Waals surface area contributed by atoms with Crippen LogP contribution in [0.25, 0.3) is 0 Å². The summed E-state index contributed by atoms with van der Waals surface area (Å²) in [6.45, 7) is 7.43. The third-order valence-corrected chi connectivity index (χ3v) is 6.65. The Morgan fingerprint density at radius 2 is 1.71 bits per heavy atom. The van der Waals surface area contributed by atoms with Crippen LogP contribution < -0.4 is 0 Å². The van der Waals surface area contributed by atoms with E-state index in [-0.39, 0.29) is 23.5 Å². The minimum atomic E-state index is -0.449. The molecule has 0 spiro atoms. The molecule has 0 aromatic heterocycles. The molecule has 2 heterocycles. The number of aliphatic imine (C=N–C) groups is 2. The minimum Gasteiger partial charge on any atom is -0.339 e. The highest BCUT2D eigenvalue weighted by Crippen LogP contribution is 2.34. The molecule has 1 fully saturated rings. The molecule has 5 nitrogen and oxygen atoms in total. The second kappa shape index (κ2) is 8.58. The number of aryl methyl sites for hydroxylation is 1. The quantitative estimate of drug-likeness (QED) is 0.665. The molecule has 0 aliphatic carbocycles. The summed E-state index contributed by atoms with van der Waals surface area (Å²) in [5.74, 6) is 0.474. The first-order valence-electron chi connectivity index (χ1n) is 11.0. The average Bonchev–Trinajstić information content (AvgIpc) is 3.30. The predicted molar refractivity (Wildman–Crippen MR) is 124 cm³/mol. The highest BCUT2D eigenvalue weighted by atomic mass is 16.2. The number of piperidine rings is 1. The molecule has 2 aromatic rings. The summed E-state index contributed by atoms with van der Waals surface area (Å²) in [4.78, 5) is 36.6. The fourth-order valence-electron chi connectivity index (χ4n) is 4.57. The number of carbonyl (C=O) groups is 2. The van der Waals surface area contributed by atoms with Crippen LogP contribution in [-0.2, 0) is 5.54 Å². The molecule has 0 bridgehead atoms. The number of rotatable bonds is 5. The fourth-order valence-corrected chi connectivity index (χ4v) is 4.57. The molecule has 1 amide bonds. The van der Waals surface area contributed by atoms with Gasteiger partial charge in [0.25, 0.3) is 5.91 Å². The molecule has 0 saturated carbocycles. The lowest BCUT2D eigenvalue weighted by Crippen LogP contribution is -2.40. The van der Waals surface area contributed by atoms with Crippen LogP contribution in [-0.4, -0.2) is 42.2 Å². The minimum absolute atomic E-state index is 0.0158. The van der Waals surface area contributed by atoms with Gasteiger partial charge in [-0.25, -0.2) is 4.99 Å². The molecular weight excluding hydrogens is 386 g/mol. The standard InChI is InChI=1S/C26H29N3O2/c1-18(2)26(16-27-17-28-26)22-10-8-21(9-11-22)25(31)29-14-12-20(13-15-29)24(30)23-7-5-4-6-19(23)3/h4-11,16-18,20H,12-15H2,1-3H3/t26-/m1/s1. The Labute approximate surface area is 183 Å². The number of ketones is 1. The average molecular weight is 416 g/mol. The van der Waals surface area contributed by atoms with E-state index in [0.29, 0.717) is 31.5 Å². The Morgan fingerprint density at radius 3 is 2.29 bits per heavy atom. The predicted octanol–water partition coefficient (Wildman–Crippen LogP) is 4.69. The van der Waals surface area contributed by atoms with Gasteiger partial charge in [0.1, 0.15) is 11.9 Å². The van der Waals surface area contributed by atoms with E-state index in [2.05, 4.69) is 23.8 Å². The Balaban J connectivity index is 1.41. The molecule has 0 N–H and O–H groups in total. The maximum Gasteiger partial charge on any atom is 0.253 e. The number of amides is 1. The smallest absolute Gasteiger partial charge is 0.253 e. The summed E-state index contributed by atoms with van der Waals surface area (Å²) in [5.41, 5.74) is 3.09. The third-order valence-electron chi connectivity index (χ3n) is 6.65. The first-order chi connectivity index (χ1) is 14.9. The molecule has 1 saturated heterocycles. The number of nitrogens with zero attached hydrogens (tertiary/aromatic N) is 3. The third kappa shape index (κ3) is 3.97. The molecular formula is C26H29N3O2. The molecule has 31 heavy (non-hydrogen) atoms. The topological polar surface area (TPSA) is 62.1 Å². The second-order valence-corrected chi connectivity index (χ2v) is 8.83. The normalized spacial score (nSPS) is 21.1. The number of benzene rings is 2. The van der Waals surface area contributed by atoms with Crippen LogP contribution >= 0.6 is 0 Å². The lowest BCUT2D eigenvalue weighted by atomic mass is 9.81. The monoisotopic (exact) mass is 415 g/mol. The van der Waals surface area contributed by atoms with E-state index in [4.69, 9.17) is 0 Å². The van der Waals surface area contributed by atoms with Crippen LogP contribution in [0.4, 0.5) is 0 Å². The van der Waals surface area contributed by atoms with Gasteiger partial charge in [-0.3, -0.25) is 14.6 Å². The van der Waals surface area contributed by atoms with Crippen LogP contribution in [0.1, 0.15) is 58.5 Å². The lowest BCUT2D eigenvalue weighted by Gasteiger charge is -2.32. The Morgan fingerprint density at radius 1 is 1.03 bits per heavy atom. The van der Waals surface area contributed by atoms with Gasteiger partial charge in [0.05, 0.1) is 0 Å². The molecule has 2 aliphatic rings. The van der Waals surface area contributed by atoms with Gasteiger partial charge in [-0.05, 0) is 48.9 Å². The van der Waals surface area contributed by atoms with E-state index < -0.39 is 5.54 Å². The number of carbonyl (C=O) groups excluding carboxylic acids is 2. The Kier molecular flexibility index (Phi) is 5.86. The highest BCUT2D eigenvalue weighted by Gasteiger charge is 2.35. The summed E-state index contributed by atoms with van der Waals surface area (Å²) in [5, 5.41) is 0. The van der Waals surface area contributed by atoms with Crippen LogP contribution in [0.5, 0.6) is 0 Å². The van der Waals surface area contributed by atoms with Gasteiger partial charge in [-0.15, -0.1) is 0 Å². The molecule has 4 rings (SSSR count). The largest absolute Gasteiger partial charge is 0.339 e. The summed E-state index contributed by atoms with van der Waals surface area (Å²) < 4.78 is 0. The molecule has 160 valence electrons. The van der Waals surface area contributed by atoms with Crippen molar-refractivity contribution in [2.24, 2.45) is 21.8 Å². The van der Waals surface area contributed by atoms with Gasteiger partial charge >= 0.3 is 0 Å². The van der Waals surface area contributed by atoms with Crippen molar-refractivity contribution in [3.8, 4) is 0 Å². The van der Waals surface area contributed by atoms with Gasteiger partial charge in [-0.1, -0.05) is 50.2 Å². The highest BCUT2D eigenvalue weighted by molar-refractivity contribution is 5.99. The van der Waals surface area contributed by atoms with E-state index >= 15 is 0 Å². The maximum absolute atomic E-state index is 13.0. The van der Waals surface area contributed by atoms with Crippen molar-refractivity contribution in [3.05, 3.63) is 70.8 Å². The van der Waals surface area contributed by atoms with Crippen molar-refractivity contribution in [1.29, 1.82) is 0 Å². The molecule has 2 aliphatic heterocycles. The Hall–Kier alpha value is -3.08. The maximum atomic E-state index is 13.0. The zero-order valence-electron chi connectivity index (χ0n) is 18.4. The lowest BCUT2D eigenvalue weighted by molar-refractivity contribution is 0.0650. The summed E-state index contributed by atoms with van der Waals surface area (Å²) in [6.07, 6.45) is 4.89. The zero-order valence-corrected chi connectivity index (χ0v) is 18.4. The number of hydrogen-bond donors (Lipinski definition) is 0. The van der Waals surface area contributed by atoms with E-state index in [1.54, 1.807) is 6.34 Å². The Bertz CT molecular complexity index is 1020. The molecule has 1 atom stereocenters. The number of Topliss-reactive ketones (excluding diaryl/α,β-unsaturated/α-hetero) is 1. The van der Waals surface area contributed by atoms with Crippen molar-refractivity contribution in [2.75, 3.05) is 13.1 Å². The van der Waals surface area contributed by atoms with Crippen LogP contribution in [0.2, 0.25) is 0 Å². The van der Waals surface area contributed by atoms with E-state index in [1.165, 1.54) is 0 Å². The molecule has 0 radical (unpaired) electrons.